The maximum atomic E-state index is 13.3. The number of nitrogens with zero attached hydrogens (tertiary/aromatic N) is 3. The van der Waals surface area contributed by atoms with Crippen molar-refractivity contribution in [2.75, 3.05) is 11.7 Å². The fourth-order valence-corrected chi connectivity index (χ4v) is 4.94. The number of halogens is 1. The number of pyridine rings is 1. The highest BCUT2D eigenvalue weighted by Crippen LogP contribution is 2.39. The summed E-state index contributed by atoms with van der Waals surface area (Å²) in [4.78, 5) is 27.4. The zero-order chi connectivity index (χ0) is 20.9. The predicted molar refractivity (Wildman–Crippen MR) is 119 cm³/mol. The Kier molecular flexibility index (Phi) is 4.36. The molecular formula is C22H17ClN4O3S. The van der Waals surface area contributed by atoms with E-state index in [1.165, 1.54) is 11.3 Å². The third-order valence-electron chi connectivity index (χ3n) is 5.49. The third kappa shape index (κ3) is 3.32. The highest BCUT2D eigenvalue weighted by molar-refractivity contribution is 7.14. The predicted octanol–water partition coefficient (Wildman–Crippen LogP) is 4.81. The van der Waals surface area contributed by atoms with E-state index in [4.69, 9.17) is 26.1 Å². The number of anilines is 1. The van der Waals surface area contributed by atoms with Crippen molar-refractivity contribution in [1.82, 2.24) is 15.0 Å². The van der Waals surface area contributed by atoms with Crippen molar-refractivity contribution in [1.29, 1.82) is 0 Å². The average molecular weight is 453 g/mol. The van der Waals surface area contributed by atoms with Crippen LogP contribution in [0, 0.1) is 0 Å². The standard InChI is InChI=1S/C22H17ClN4O3S/c23-16-8-19-18(29-11-30-19)6-12(16)7-20(28)27(13-3-4-13)22-26-17(10-31-22)15-9-25-21-14(15)2-1-5-24-21/h1-2,5-6,8-10,13H,3-4,7,11H2,(H,24,25). The maximum Gasteiger partial charge on any atom is 0.233 e. The molecule has 0 unspecified atom stereocenters. The van der Waals surface area contributed by atoms with Gasteiger partial charge in [0.25, 0.3) is 0 Å². The molecule has 31 heavy (non-hydrogen) atoms. The van der Waals surface area contributed by atoms with Crippen LogP contribution in [-0.4, -0.2) is 33.7 Å². The summed E-state index contributed by atoms with van der Waals surface area (Å²) in [6.07, 6.45) is 5.80. The zero-order valence-corrected chi connectivity index (χ0v) is 17.9. The van der Waals surface area contributed by atoms with Gasteiger partial charge in [0.05, 0.1) is 12.1 Å². The van der Waals surface area contributed by atoms with Crippen molar-refractivity contribution in [3.63, 3.8) is 0 Å². The summed E-state index contributed by atoms with van der Waals surface area (Å²) in [5.41, 5.74) is 3.35. The van der Waals surface area contributed by atoms with Gasteiger partial charge in [-0.25, -0.2) is 9.97 Å². The Hall–Kier alpha value is -3.10. The van der Waals surface area contributed by atoms with Crippen LogP contribution in [0.15, 0.2) is 42.0 Å². The number of benzene rings is 1. The fraction of sp³-hybridized carbons (Fsp3) is 0.227. The van der Waals surface area contributed by atoms with Crippen LogP contribution in [0.1, 0.15) is 18.4 Å². The Morgan fingerprint density at radius 1 is 1.29 bits per heavy atom. The largest absolute Gasteiger partial charge is 0.454 e. The molecule has 1 saturated carbocycles. The van der Waals surface area contributed by atoms with E-state index in [2.05, 4.69) is 9.97 Å². The molecule has 6 rings (SSSR count). The molecule has 4 aromatic rings. The Labute approximate surface area is 186 Å². The average Bonchev–Trinajstić information content (AvgIpc) is 3.15. The molecule has 7 nitrogen and oxygen atoms in total. The molecule has 0 saturated heterocycles. The van der Waals surface area contributed by atoms with Gasteiger partial charge in [-0.05, 0) is 36.6 Å². The number of amides is 1. The molecule has 1 amide bonds. The molecule has 1 aliphatic carbocycles. The molecule has 0 radical (unpaired) electrons. The van der Waals surface area contributed by atoms with Crippen LogP contribution >= 0.6 is 22.9 Å². The molecule has 2 aliphatic rings. The van der Waals surface area contributed by atoms with E-state index in [1.54, 1.807) is 18.3 Å². The number of H-pyrrole nitrogens is 1. The number of ether oxygens (including phenoxy) is 2. The summed E-state index contributed by atoms with van der Waals surface area (Å²) >= 11 is 7.87. The number of aromatic amines is 1. The zero-order valence-electron chi connectivity index (χ0n) is 16.3. The van der Waals surface area contributed by atoms with Gasteiger partial charge in [-0.1, -0.05) is 11.6 Å². The summed E-state index contributed by atoms with van der Waals surface area (Å²) in [5, 5.41) is 4.20. The summed E-state index contributed by atoms with van der Waals surface area (Å²) < 4.78 is 10.8. The van der Waals surface area contributed by atoms with Crippen molar-refractivity contribution in [3.05, 3.63) is 52.6 Å². The van der Waals surface area contributed by atoms with E-state index in [-0.39, 0.29) is 25.2 Å². The lowest BCUT2D eigenvalue weighted by Crippen LogP contribution is -2.34. The van der Waals surface area contributed by atoms with Gasteiger partial charge in [-0.3, -0.25) is 9.69 Å². The fourth-order valence-electron chi connectivity index (χ4n) is 3.81. The van der Waals surface area contributed by atoms with E-state index in [9.17, 15) is 4.79 Å². The Morgan fingerprint density at radius 2 is 2.13 bits per heavy atom. The van der Waals surface area contributed by atoms with Crippen molar-refractivity contribution < 1.29 is 14.3 Å². The van der Waals surface area contributed by atoms with Crippen LogP contribution in [0.3, 0.4) is 0 Å². The van der Waals surface area contributed by atoms with Gasteiger partial charge >= 0.3 is 0 Å². The summed E-state index contributed by atoms with van der Waals surface area (Å²) in [7, 11) is 0. The maximum absolute atomic E-state index is 13.3. The quantitative estimate of drug-likeness (QED) is 0.470. The molecule has 1 aromatic carbocycles. The summed E-state index contributed by atoms with van der Waals surface area (Å²) in [5.74, 6) is 1.21. The van der Waals surface area contributed by atoms with Crippen LogP contribution in [0.25, 0.3) is 22.3 Å². The SMILES string of the molecule is O=C(Cc1cc2c(cc1Cl)OCO2)N(c1nc(-c2c[nH]c3ncccc23)cs1)C1CC1. The number of rotatable bonds is 5. The summed E-state index contributed by atoms with van der Waals surface area (Å²) in [6.45, 7) is 0.169. The van der Waals surface area contributed by atoms with Crippen molar-refractivity contribution in [2.45, 2.75) is 25.3 Å². The lowest BCUT2D eigenvalue weighted by molar-refractivity contribution is -0.118. The van der Waals surface area contributed by atoms with E-state index < -0.39 is 0 Å². The minimum absolute atomic E-state index is 0.0234. The first-order valence-corrected chi connectivity index (χ1v) is 11.2. The highest BCUT2D eigenvalue weighted by Gasteiger charge is 2.36. The second-order valence-corrected chi connectivity index (χ2v) is 8.83. The minimum Gasteiger partial charge on any atom is -0.454 e. The molecule has 156 valence electrons. The number of carbonyl (C=O) groups is 1. The van der Waals surface area contributed by atoms with Gasteiger partial charge in [0.1, 0.15) is 5.65 Å². The first-order chi connectivity index (χ1) is 15.2. The van der Waals surface area contributed by atoms with Gasteiger partial charge in [-0.2, -0.15) is 0 Å². The molecule has 4 heterocycles. The smallest absolute Gasteiger partial charge is 0.233 e. The molecule has 0 atom stereocenters. The van der Waals surface area contributed by atoms with Crippen molar-refractivity contribution in [3.8, 4) is 22.8 Å². The number of fused-ring (bicyclic) bond motifs is 2. The summed E-state index contributed by atoms with van der Waals surface area (Å²) in [6, 6.07) is 7.60. The number of hydrogen-bond donors (Lipinski definition) is 1. The topological polar surface area (TPSA) is 80.3 Å². The number of hydrogen-bond acceptors (Lipinski definition) is 6. The molecule has 3 aromatic heterocycles. The third-order valence-corrected chi connectivity index (χ3v) is 6.68. The van der Waals surface area contributed by atoms with Crippen LogP contribution in [-0.2, 0) is 11.2 Å². The second kappa shape index (κ2) is 7.25. The van der Waals surface area contributed by atoms with Gasteiger partial charge in [0, 0.05) is 45.9 Å². The first kappa shape index (κ1) is 18.7. The van der Waals surface area contributed by atoms with Gasteiger partial charge in [-0.15, -0.1) is 11.3 Å². The van der Waals surface area contributed by atoms with Gasteiger partial charge in [0.2, 0.25) is 12.7 Å². The van der Waals surface area contributed by atoms with Crippen LogP contribution in [0.4, 0.5) is 5.13 Å². The van der Waals surface area contributed by atoms with E-state index in [0.717, 1.165) is 40.7 Å². The number of thiazole rings is 1. The Morgan fingerprint density at radius 3 is 2.97 bits per heavy atom. The number of nitrogens with one attached hydrogen (secondary N) is 1. The van der Waals surface area contributed by atoms with E-state index in [1.807, 2.05) is 28.6 Å². The molecule has 0 spiro atoms. The number of carbonyl (C=O) groups excluding carboxylic acids is 1. The van der Waals surface area contributed by atoms with Crippen molar-refractivity contribution in [2.24, 2.45) is 0 Å². The van der Waals surface area contributed by atoms with Gasteiger partial charge in [0.15, 0.2) is 16.6 Å². The number of aromatic nitrogens is 3. The molecule has 1 N–H and O–H groups in total. The minimum atomic E-state index is -0.0234. The van der Waals surface area contributed by atoms with Crippen LogP contribution in [0.2, 0.25) is 5.02 Å². The monoisotopic (exact) mass is 452 g/mol. The van der Waals surface area contributed by atoms with E-state index >= 15 is 0 Å². The van der Waals surface area contributed by atoms with Crippen LogP contribution < -0.4 is 14.4 Å². The molecular weight excluding hydrogens is 436 g/mol. The lowest BCUT2D eigenvalue weighted by atomic mass is 10.1. The highest BCUT2D eigenvalue weighted by atomic mass is 35.5. The normalized spacial score (nSPS) is 14.9. The first-order valence-electron chi connectivity index (χ1n) is 9.95. The molecule has 0 bridgehead atoms. The molecule has 9 heteroatoms. The second-order valence-electron chi connectivity index (χ2n) is 7.59. The molecule has 1 aliphatic heterocycles. The van der Waals surface area contributed by atoms with Gasteiger partial charge < -0.3 is 14.5 Å². The van der Waals surface area contributed by atoms with E-state index in [0.29, 0.717) is 21.7 Å². The van der Waals surface area contributed by atoms with Crippen LogP contribution in [0.5, 0.6) is 11.5 Å². The lowest BCUT2D eigenvalue weighted by Gasteiger charge is -2.20. The Bertz CT molecular complexity index is 1310. The molecule has 1 fully saturated rings. The Balaban J connectivity index is 1.30. The van der Waals surface area contributed by atoms with Crippen molar-refractivity contribution >= 4 is 45.0 Å².